The molecule has 2 aromatic carbocycles. The molecule has 0 radical (unpaired) electrons. The summed E-state index contributed by atoms with van der Waals surface area (Å²) in [5.41, 5.74) is 1.93. The summed E-state index contributed by atoms with van der Waals surface area (Å²) in [7, 11) is 0. The number of amides is 3. The Morgan fingerprint density at radius 1 is 1.11 bits per heavy atom. The molecule has 3 rings (SSSR count). The molecule has 0 aromatic heterocycles. The van der Waals surface area contributed by atoms with E-state index in [1.807, 2.05) is 0 Å². The minimum atomic E-state index is -0.609. The Hall–Kier alpha value is -2.41. The average Bonchev–Trinajstić information content (AvgIpc) is 2.90. The van der Waals surface area contributed by atoms with Crippen molar-refractivity contribution in [1.29, 1.82) is 0 Å². The highest BCUT2D eigenvalue weighted by atomic mass is 35.5. The third kappa shape index (κ3) is 4.47. The molecule has 0 spiro atoms. The smallest absolute Gasteiger partial charge is 0.251 e. The standard InChI is InChI=1S/C19H17Cl2N3O3/c1-11(25)23-13-3-5-14(6-4-13)24-18(26)9-17(19(24)27)22-10-12-2-7-15(20)16(21)8-12/h2-8,17,22H,9-10H2,1H3,(H,23,25). The van der Waals surface area contributed by atoms with Crippen LogP contribution in [-0.2, 0) is 20.9 Å². The molecule has 2 aromatic rings. The maximum absolute atomic E-state index is 12.6. The van der Waals surface area contributed by atoms with Gasteiger partial charge in [0.15, 0.2) is 0 Å². The number of imide groups is 1. The summed E-state index contributed by atoms with van der Waals surface area (Å²) in [4.78, 5) is 37.2. The van der Waals surface area contributed by atoms with E-state index < -0.39 is 6.04 Å². The molecule has 0 saturated carbocycles. The molecule has 1 unspecified atom stereocenters. The van der Waals surface area contributed by atoms with Gasteiger partial charge in [0.1, 0.15) is 0 Å². The molecular weight excluding hydrogens is 389 g/mol. The van der Waals surface area contributed by atoms with Gasteiger partial charge in [-0.3, -0.25) is 14.4 Å². The Labute approximate surface area is 166 Å². The molecule has 6 nitrogen and oxygen atoms in total. The zero-order chi connectivity index (χ0) is 19.6. The first-order chi connectivity index (χ1) is 12.8. The molecule has 0 bridgehead atoms. The summed E-state index contributed by atoms with van der Waals surface area (Å²) in [5, 5.41) is 6.63. The van der Waals surface area contributed by atoms with E-state index in [9.17, 15) is 14.4 Å². The predicted molar refractivity (Wildman–Crippen MR) is 105 cm³/mol. The fourth-order valence-corrected chi connectivity index (χ4v) is 3.17. The van der Waals surface area contributed by atoms with Gasteiger partial charge in [-0.05, 0) is 42.0 Å². The van der Waals surface area contributed by atoms with E-state index >= 15 is 0 Å². The van der Waals surface area contributed by atoms with Crippen molar-refractivity contribution in [2.75, 3.05) is 10.2 Å². The zero-order valence-corrected chi connectivity index (χ0v) is 16.0. The number of nitrogens with zero attached hydrogens (tertiary/aromatic N) is 1. The molecular formula is C19H17Cl2N3O3. The molecule has 2 N–H and O–H groups in total. The summed E-state index contributed by atoms with van der Waals surface area (Å²) >= 11 is 11.9. The van der Waals surface area contributed by atoms with Crippen molar-refractivity contribution in [2.24, 2.45) is 0 Å². The van der Waals surface area contributed by atoms with Crippen LogP contribution >= 0.6 is 23.2 Å². The van der Waals surface area contributed by atoms with Gasteiger partial charge in [0.25, 0.3) is 5.91 Å². The van der Waals surface area contributed by atoms with Crippen molar-refractivity contribution < 1.29 is 14.4 Å². The fraction of sp³-hybridized carbons (Fsp3) is 0.211. The van der Waals surface area contributed by atoms with Crippen LogP contribution in [0, 0.1) is 0 Å². The van der Waals surface area contributed by atoms with Crippen LogP contribution in [0.1, 0.15) is 18.9 Å². The first kappa shape index (κ1) is 19.4. The first-order valence-corrected chi connectivity index (χ1v) is 9.02. The molecule has 1 heterocycles. The van der Waals surface area contributed by atoms with Gasteiger partial charge in [-0.2, -0.15) is 0 Å². The van der Waals surface area contributed by atoms with Crippen molar-refractivity contribution in [3.8, 4) is 0 Å². The van der Waals surface area contributed by atoms with E-state index in [1.165, 1.54) is 6.92 Å². The summed E-state index contributed by atoms with van der Waals surface area (Å²) in [6.45, 7) is 1.79. The van der Waals surface area contributed by atoms with Crippen molar-refractivity contribution in [3.63, 3.8) is 0 Å². The van der Waals surface area contributed by atoms with Crippen LogP contribution in [0.15, 0.2) is 42.5 Å². The molecule has 8 heteroatoms. The zero-order valence-electron chi connectivity index (χ0n) is 14.5. The minimum Gasteiger partial charge on any atom is -0.326 e. The third-order valence-corrected chi connectivity index (χ3v) is 4.87. The second-order valence-corrected chi connectivity index (χ2v) is 7.00. The highest BCUT2D eigenvalue weighted by molar-refractivity contribution is 6.42. The van der Waals surface area contributed by atoms with Gasteiger partial charge in [-0.25, -0.2) is 4.90 Å². The lowest BCUT2D eigenvalue weighted by atomic mass is 10.2. The van der Waals surface area contributed by atoms with E-state index in [0.29, 0.717) is 28.0 Å². The van der Waals surface area contributed by atoms with Gasteiger partial charge in [-0.1, -0.05) is 29.3 Å². The summed E-state index contributed by atoms with van der Waals surface area (Å²) in [6, 6.07) is 11.2. The highest BCUT2D eigenvalue weighted by Gasteiger charge is 2.39. The Morgan fingerprint density at radius 2 is 1.81 bits per heavy atom. The second kappa shape index (κ2) is 8.08. The van der Waals surface area contributed by atoms with E-state index in [1.54, 1.807) is 42.5 Å². The lowest BCUT2D eigenvalue weighted by Gasteiger charge is -2.16. The topological polar surface area (TPSA) is 78.5 Å². The summed E-state index contributed by atoms with van der Waals surface area (Å²) in [5.74, 6) is -0.783. The van der Waals surface area contributed by atoms with Gasteiger partial charge >= 0.3 is 0 Å². The van der Waals surface area contributed by atoms with Gasteiger partial charge < -0.3 is 10.6 Å². The first-order valence-electron chi connectivity index (χ1n) is 8.27. The normalized spacial score (nSPS) is 16.7. The Balaban J connectivity index is 1.67. The number of hydrogen-bond donors (Lipinski definition) is 2. The lowest BCUT2D eigenvalue weighted by molar-refractivity contribution is -0.121. The SMILES string of the molecule is CC(=O)Nc1ccc(N2C(=O)CC(NCc3ccc(Cl)c(Cl)c3)C2=O)cc1. The van der Waals surface area contributed by atoms with Gasteiger partial charge in [0.05, 0.1) is 28.2 Å². The van der Waals surface area contributed by atoms with E-state index in [4.69, 9.17) is 23.2 Å². The van der Waals surface area contributed by atoms with Crippen molar-refractivity contribution in [1.82, 2.24) is 5.32 Å². The van der Waals surface area contributed by atoms with Crippen LogP contribution in [0.5, 0.6) is 0 Å². The molecule has 1 aliphatic rings. The highest BCUT2D eigenvalue weighted by Crippen LogP contribution is 2.26. The van der Waals surface area contributed by atoms with Gasteiger partial charge in [-0.15, -0.1) is 0 Å². The van der Waals surface area contributed by atoms with E-state index in [2.05, 4.69) is 10.6 Å². The number of hydrogen-bond acceptors (Lipinski definition) is 4. The lowest BCUT2D eigenvalue weighted by Crippen LogP contribution is -2.38. The quantitative estimate of drug-likeness (QED) is 0.747. The van der Waals surface area contributed by atoms with Gasteiger partial charge in [0.2, 0.25) is 11.8 Å². The van der Waals surface area contributed by atoms with Crippen molar-refractivity contribution in [3.05, 3.63) is 58.1 Å². The Kier molecular flexibility index (Phi) is 5.79. The van der Waals surface area contributed by atoms with Crippen molar-refractivity contribution >= 4 is 52.3 Å². The number of rotatable bonds is 5. The monoisotopic (exact) mass is 405 g/mol. The number of carbonyl (C=O) groups is 3. The molecule has 0 aliphatic carbocycles. The maximum atomic E-state index is 12.6. The molecule has 1 fully saturated rings. The van der Waals surface area contributed by atoms with Crippen LogP contribution in [0.4, 0.5) is 11.4 Å². The molecule has 27 heavy (non-hydrogen) atoms. The van der Waals surface area contributed by atoms with Crippen LogP contribution in [-0.4, -0.2) is 23.8 Å². The van der Waals surface area contributed by atoms with Crippen LogP contribution in [0.25, 0.3) is 0 Å². The number of halogens is 2. The fourth-order valence-electron chi connectivity index (χ4n) is 2.85. The maximum Gasteiger partial charge on any atom is 0.251 e. The predicted octanol–water partition coefficient (Wildman–Crippen LogP) is 3.37. The number of anilines is 2. The van der Waals surface area contributed by atoms with Crippen LogP contribution in [0.3, 0.4) is 0 Å². The number of carbonyl (C=O) groups excluding carboxylic acids is 3. The number of benzene rings is 2. The van der Waals surface area contributed by atoms with Gasteiger partial charge in [0, 0.05) is 19.2 Å². The third-order valence-electron chi connectivity index (χ3n) is 4.13. The van der Waals surface area contributed by atoms with Crippen LogP contribution in [0.2, 0.25) is 10.0 Å². The second-order valence-electron chi connectivity index (χ2n) is 6.18. The summed E-state index contributed by atoms with van der Waals surface area (Å²) < 4.78 is 0. The molecule has 1 aliphatic heterocycles. The molecule has 140 valence electrons. The molecule has 1 atom stereocenters. The summed E-state index contributed by atoms with van der Waals surface area (Å²) in [6.07, 6.45) is 0.0770. The average molecular weight is 406 g/mol. The Bertz CT molecular complexity index is 900. The Morgan fingerprint density at radius 3 is 2.44 bits per heavy atom. The van der Waals surface area contributed by atoms with Crippen molar-refractivity contribution in [2.45, 2.75) is 25.9 Å². The van der Waals surface area contributed by atoms with E-state index in [-0.39, 0.29) is 24.1 Å². The van der Waals surface area contributed by atoms with Crippen LogP contribution < -0.4 is 15.5 Å². The molecule has 1 saturated heterocycles. The van der Waals surface area contributed by atoms with E-state index in [0.717, 1.165) is 10.5 Å². The molecule has 3 amide bonds. The minimum absolute atomic E-state index is 0.0770. The largest absolute Gasteiger partial charge is 0.326 e. The number of nitrogens with one attached hydrogen (secondary N) is 2.